The zero-order valence-corrected chi connectivity index (χ0v) is 30.7. The van der Waals surface area contributed by atoms with Crippen molar-refractivity contribution in [2.45, 2.75) is 109 Å². The lowest BCUT2D eigenvalue weighted by atomic mass is 9.85. The number of nitrogens with zero attached hydrogens (tertiary/aromatic N) is 3. The van der Waals surface area contributed by atoms with Crippen molar-refractivity contribution in [2.75, 3.05) is 13.7 Å². The first kappa shape index (κ1) is 38.3. The lowest BCUT2D eigenvalue weighted by molar-refractivity contribution is -0.143. The van der Waals surface area contributed by atoms with Gasteiger partial charge in [0.1, 0.15) is 29.3 Å². The van der Waals surface area contributed by atoms with Gasteiger partial charge in [0.05, 0.1) is 29.7 Å². The zero-order chi connectivity index (χ0) is 37.2. The molecular weight excluding hydrogens is 668 g/mol. The van der Waals surface area contributed by atoms with Crippen molar-refractivity contribution >= 4 is 44.6 Å². The molecule has 1 aliphatic carbocycles. The van der Waals surface area contributed by atoms with Gasteiger partial charge < -0.3 is 29.7 Å². The molecule has 15 nitrogen and oxygen atoms in total. The lowest BCUT2D eigenvalue weighted by Crippen LogP contribution is -2.62. The number of methoxy groups -OCH3 is 1. The normalized spacial score (nSPS) is 19.9. The minimum absolute atomic E-state index is 0.0327. The molecular formula is C34H48N6O9S. The highest BCUT2D eigenvalue weighted by molar-refractivity contribution is 7.91. The van der Waals surface area contributed by atoms with E-state index in [9.17, 15) is 27.6 Å². The predicted molar refractivity (Wildman–Crippen MR) is 185 cm³/mol. The smallest absolute Gasteiger partial charge is 0.408 e. The molecule has 1 aromatic heterocycles. The largest absolute Gasteiger partial charge is 0.479 e. The quantitative estimate of drug-likeness (QED) is 0.273. The van der Waals surface area contributed by atoms with E-state index < -0.39 is 73.8 Å². The van der Waals surface area contributed by atoms with Crippen LogP contribution in [0.25, 0.3) is 10.8 Å². The molecule has 4 rings (SSSR count). The first-order valence-corrected chi connectivity index (χ1v) is 18.0. The van der Waals surface area contributed by atoms with Gasteiger partial charge in [0.15, 0.2) is 0 Å². The first-order chi connectivity index (χ1) is 23.2. The highest BCUT2D eigenvalue weighted by Crippen LogP contribution is 2.33. The SMILES string of the molecule is C=CCC(C)(NC(=O)C1CC(Oc2nnc(OC)c3ccccc23)CN1C(=O)C(NC(=O)OC(C)(C)C)C(C)(C)C)C(=O)NS(=O)(=O)C1CC1. The molecule has 1 saturated carbocycles. The maximum atomic E-state index is 14.4. The molecule has 1 saturated heterocycles. The van der Waals surface area contributed by atoms with Crippen LogP contribution in [-0.2, 0) is 29.1 Å². The van der Waals surface area contributed by atoms with Crippen molar-refractivity contribution in [1.29, 1.82) is 0 Å². The van der Waals surface area contributed by atoms with Gasteiger partial charge in [-0.25, -0.2) is 13.2 Å². The maximum Gasteiger partial charge on any atom is 0.408 e. The number of hydrogen-bond acceptors (Lipinski definition) is 11. The number of carbonyl (C=O) groups is 4. The summed E-state index contributed by atoms with van der Waals surface area (Å²) in [7, 11) is -2.46. The molecule has 4 amide bonds. The topological polar surface area (TPSA) is 195 Å². The van der Waals surface area contributed by atoms with Crippen LogP contribution in [0.4, 0.5) is 4.79 Å². The third kappa shape index (κ3) is 9.00. The third-order valence-corrected chi connectivity index (χ3v) is 10.2. The molecule has 16 heteroatoms. The Morgan fingerprint density at radius 3 is 2.16 bits per heavy atom. The van der Waals surface area contributed by atoms with E-state index in [2.05, 4.69) is 32.1 Å². The van der Waals surface area contributed by atoms with Crippen LogP contribution in [0.2, 0.25) is 0 Å². The number of fused-ring (bicyclic) bond motifs is 1. The number of carbonyl (C=O) groups excluding carboxylic acids is 4. The third-order valence-electron chi connectivity index (χ3n) is 8.36. The second kappa shape index (κ2) is 14.4. The Labute approximate surface area is 292 Å². The van der Waals surface area contributed by atoms with E-state index >= 15 is 0 Å². The summed E-state index contributed by atoms with van der Waals surface area (Å²) in [4.78, 5) is 56.1. The van der Waals surface area contributed by atoms with Crippen molar-refractivity contribution < 1.29 is 41.8 Å². The Bertz CT molecular complexity index is 1750. The van der Waals surface area contributed by atoms with Crippen LogP contribution in [0.5, 0.6) is 11.8 Å². The van der Waals surface area contributed by atoms with Crippen molar-refractivity contribution in [3.05, 3.63) is 36.9 Å². The first-order valence-electron chi connectivity index (χ1n) is 16.4. The van der Waals surface area contributed by atoms with Crippen LogP contribution in [0.3, 0.4) is 0 Å². The molecule has 0 radical (unpaired) electrons. The van der Waals surface area contributed by atoms with E-state index in [0.717, 1.165) is 0 Å². The summed E-state index contributed by atoms with van der Waals surface area (Å²) in [6, 6.07) is 4.83. The van der Waals surface area contributed by atoms with Gasteiger partial charge in [-0.2, -0.15) is 0 Å². The van der Waals surface area contributed by atoms with Crippen molar-refractivity contribution in [3.8, 4) is 11.8 Å². The Kier molecular flexibility index (Phi) is 11.0. The van der Waals surface area contributed by atoms with Gasteiger partial charge in [-0.1, -0.05) is 39.0 Å². The molecule has 0 spiro atoms. The number of amides is 4. The Morgan fingerprint density at radius 1 is 1.02 bits per heavy atom. The number of rotatable bonds is 12. The molecule has 2 aliphatic rings. The van der Waals surface area contributed by atoms with E-state index in [-0.39, 0.29) is 31.1 Å². The van der Waals surface area contributed by atoms with E-state index in [1.807, 2.05) is 6.07 Å². The van der Waals surface area contributed by atoms with Crippen molar-refractivity contribution in [1.82, 2.24) is 30.5 Å². The summed E-state index contributed by atoms with van der Waals surface area (Å²) in [5, 5.41) is 14.2. The van der Waals surface area contributed by atoms with Gasteiger partial charge in [0.25, 0.3) is 5.91 Å². The number of likely N-dealkylation sites (tertiary alicyclic amines) is 1. The molecule has 3 N–H and O–H groups in total. The summed E-state index contributed by atoms with van der Waals surface area (Å²) < 4.78 is 44.4. The Balaban J connectivity index is 1.68. The summed E-state index contributed by atoms with van der Waals surface area (Å²) in [5.41, 5.74) is -3.40. The van der Waals surface area contributed by atoms with Gasteiger partial charge >= 0.3 is 6.09 Å². The molecule has 50 heavy (non-hydrogen) atoms. The molecule has 1 aromatic carbocycles. The summed E-state index contributed by atoms with van der Waals surface area (Å²) >= 11 is 0. The monoisotopic (exact) mass is 716 g/mol. The lowest BCUT2D eigenvalue weighted by Gasteiger charge is -2.36. The summed E-state index contributed by atoms with van der Waals surface area (Å²) in [6.45, 7) is 15.3. The number of alkyl carbamates (subject to hydrolysis) is 1. The standard InChI is InChI=1S/C34H48N6O9S/c1-10-17-34(8,30(43)39-50(45,46)21-15-16-21)36-26(41)24-18-20(48-28-23-14-12-11-13-22(23)27(47-9)37-38-28)19-40(24)29(42)25(32(2,3)4)35-31(44)49-33(5,6)7/h10-14,20-21,24-25H,1,15-19H2,2-9H3,(H,35,44)(H,36,41)(H,39,43). The van der Waals surface area contributed by atoms with Crippen LogP contribution >= 0.6 is 0 Å². The molecule has 2 fully saturated rings. The zero-order valence-electron chi connectivity index (χ0n) is 29.9. The molecule has 4 unspecified atom stereocenters. The second-order valence-electron chi connectivity index (χ2n) is 15.0. The van der Waals surface area contributed by atoms with Gasteiger partial charge in [0, 0.05) is 6.42 Å². The minimum atomic E-state index is -3.93. The van der Waals surface area contributed by atoms with Crippen molar-refractivity contribution in [3.63, 3.8) is 0 Å². The number of ether oxygens (including phenoxy) is 3. The average Bonchev–Trinajstić information content (AvgIpc) is 3.79. The van der Waals surface area contributed by atoms with Gasteiger partial charge in [0.2, 0.25) is 33.6 Å². The van der Waals surface area contributed by atoms with Crippen LogP contribution in [-0.4, -0.2) is 95.6 Å². The molecule has 2 heterocycles. The maximum absolute atomic E-state index is 14.4. The van der Waals surface area contributed by atoms with E-state index in [4.69, 9.17) is 14.2 Å². The van der Waals surface area contributed by atoms with Crippen LogP contribution in [0.15, 0.2) is 36.9 Å². The Hall–Kier alpha value is -4.47. The minimum Gasteiger partial charge on any atom is -0.479 e. The van der Waals surface area contributed by atoms with Gasteiger partial charge in [-0.05, 0) is 64.5 Å². The highest BCUT2D eigenvalue weighted by Gasteiger charge is 2.49. The molecule has 2 aromatic rings. The average molecular weight is 717 g/mol. The van der Waals surface area contributed by atoms with Gasteiger partial charge in [-0.15, -0.1) is 16.8 Å². The molecule has 274 valence electrons. The van der Waals surface area contributed by atoms with Crippen LogP contribution in [0, 0.1) is 5.41 Å². The van der Waals surface area contributed by atoms with Crippen LogP contribution < -0.4 is 24.8 Å². The number of benzene rings is 1. The highest BCUT2D eigenvalue weighted by atomic mass is 32.2. The van der Waals surface area contributed by atoms with Crippen LogP contribution in [0.1, 0.15) is 74.1 Å². The Morgan fingerprint density at radius 2 is 1.62 bits per heavy atom. The number of sulfonamides is 1. The van der Waals surface area contributed by atoms with E-state index in [0.29, 0.717) is 23.6 Å². The number of aromatic nitrogens is 2. The fraction of sp³-hybridized carbons (Fsp3) is 0.588. The number of nitrogens with one attached hydrogen (secondary N) is 3. The predicted octanol–water partition coefficient (Wildman–Crippen LogP) is 2.99. The summed E-state index contributed by atoms with van der Waals surface area (Å²) in [6.07, 6.45) is 0.532. The molecule has 0 bridgehead atoms. The fourth-order valence-corrected chi connectivity index (χ4v) is 7.02. The van der Waals surface area contributed by atoms with Gasteiger partial charge in [-0.3, -0.25) is 19.1 Å². The fourth-order valence-electron chi connectivity index (χ4n) is 5.61. The summed E-state index contributed by atoms with van der Waals surface area (Å²) in [5.74, 6) is -1.81. The van der Waals surface area contributed by atoms with Crippen molar-refractivity contribution in [2.24, 2.45) is 5.41 Å². The number of hydrogen-bond donors (Lipinski definition) is 3. The second-order valence-corrected chi connectivity index (χ2v) is 16.9. The van der Waals surface area contributed by atoms with E-state index in [1.54, 1.807) is 59.7 Å². The molecule has 4 atom stereocenters. The van der Waals surface area contributed by atoms with E-state index in [1.165, 1.54) is 25.0 Å². The molecule has 1 aliphatic heterocycles.